The number of halogens is 1. The van der Waals surface area contributed by atoms with Crippen LogP contribution in [0.3, 0.4) is 0 Å². The zero-order chi connectivity index (χ0) is 13.0. The Morgan fingerprint density at radius 3 is 2.78 bits per heavy atom. The predicted octanol–water partition coefficient (Wildman–Crippen LogP) is 1.63. The molecule has 0 spiro atoms. The molecule has 0 radical (unpaired) electrons. The summed E-state index contributed by atoms with van der Waals surface area (Å²) in [6, 6.07) is 6.04. The van der Waals surface area contributed by atoms with Gasteiger partial charge < -0.3 is 10.6 Å². The van der Waals surface area contributed by atoms with Crippen molar-refractivity contribution in [2.45, 2.75) is 31.7 Å². The summed E-state index contributed by atoms with van der Waals surface area (Å²) in [5.74, 6) is -0.293. The van der Waals surface area contributed by atoms with Crippen molar-refractivity contribution in [2.75, 3.05) is 13.1 Å². The molecule has 18 heavy (non-hydrogen) atoms. The van der Waals surface area contributed by atoms with E-state index < -0.39 is 0 Å². The normalized spacial score (nSPS) is 23.0. The van der Waals surface area contributed by atoms with Crippen LogP contribution in [-0.2, 0) is 11.2 Å². The van der Waals surface area contributed by atoms with Crippen molar-refractivity contribution in [1.82, 2.24) is 10.6 Å². The third-order valence-electron chi connectivity index (χ3n) is 3.41. The zero-order valence-corrected chi connectivity index (χ0v) is 10.6. The summed E-state index contributed by atoms with van der Waals surface area (Å²) in [5, 5.41) is 6.33. The highest BCUT2D eigenvalue weighted by molar-refractivity contribution is 5.78. The molecule has 98 valence electrons. The molecule has 1 heterocycles. The molecule has 1 fully saturated rings. The SMILES string of the molecule is CC1(CNC(=O)Cc2ccc(F)cc2)CCCN1. The number of hydrogen-bond acceptors (Lipinski definition) is 2. The molecule has 1 aromatic carbocycles. The second-order valence-electron chi connectivity index (χ2n) is 5.17. The lowest BCUT2D eigenvalue weighted by Crippen LogP contribution is -2.47. The third-order valence-corrected chi connectivity index (χ3v) is 3.41. The topological polar surface area (TPSA) is 41.1 Å². The van der Waals surface area contributed by atoms with E-state index in [-0.39, 0.29) is 17.3 Å². The van der Waals surface area contributed by atoms with E-state index in [0.29, 0.717) is 13.0 Å². The molecule has 1 aliphatic heterocycles. The molecule has 1 saturated heterocycles. The van der Waals surface area contributed by atoms with Crippen LogP contribution in [0.15, 0.2) is 24.3 Å². The summed E-state index contributed by atoms with van der Waals surface area (Å²) >= 11 is 0. The summed E-state index contributed by atoms with van der Waals surface area (Å²) in [6.45, 7) is 3.79. The molecule has 2 rings (SSSR count). The van der Waals surface area contributed by atoms with Gasteiger partial charge in [-0.05, 0) is 44.0 Å². The van der Waals surface area contributed by atoms with E-state index in [1.165, 1.54) is 12.1 Å². The molecule has 0 aliphatic carbocycles. The van der Waals surface area contributed by atoms with Crippen LogP contribution < -0.4 is 10.6 Å². The standard InChI is InChI=1S/C14H19FN2O/c1-14(7-2-8-17-14)10-16-13(18)9-11-3-5-12(15)6-4-11/h3-6,17H,2,7-10H2,1H3,(H,16,18). The van der Waals surface area contributed by atoms with Crippen LogP contribution in [0.25, 0.3) is 0 Å². The molecule has 3 nitrogen and oxygen atoms in total. The lowest BCUT2D eigenvalue weighted by atomic mass is 10.0. The van der Waals surface area contributed by atoms with E-state index in [0.717, 1.165) is 24.9 Å². The van der Waals surface area contributed by atoms with Crippen LogP contribution >= 0.6 is 0 Å². The minimum atomic E-state index is -0.276. The van der Waals surface area contributed by atoms with Gasteiger partial charge in [0, 0.05) is 12.1 Å². The number of rotatable bonds is 4. The van der Waals surface area contributed by atoms with Gasteiger partial charge in [0.05, 0.1) is 6.42 Å². The first-order chi connectivity index (χ1) is 8.57. The Morgan fingerprint density at radius 1 is 1.44 bits per heavy atom. The van der Waals surface area contributed by atoms with Gasteiger partial charge in [-0.2, -0.15) is 0 Å². The van der Waals surface area contributed by atoms with Crippen molar-refractivity contribution in [1.29, 1.82) is 0 Å². The van der Waals surface area contributed by atoms with Gasteiger partial charge in [0.1, 0.15) is 5.82 Å². The highest BCUT2D eigenvalue weighted by Gasteiger charge is 2.27. The first-order valence-corrected chi connectivity index (χ1v) is 6.34. The Bertz CT molecular complexity index is 410. The molecule has 1 amide bonds. The van der Waals surface area contributed by atoms with Crippen molar-refractivity contribution < 1.29 is 9.18 Å². The quantitative estimate of drug-likeness (QED) is 0.852. The van der Waals surface area contributed by atoms with Gasteiger partial charge in [0.2, 0.25) is 5.91 Å². The molecule has 1 aliphatic rings. The van der Waals surface area contributed by atoms with Crippen LogP contribution in [0.4, 0.5) is 4.39 Å². The number of carbonyl (C=O) groups is 1. The van der Waals surface area contributed by atoms with Gasteiger partial charge in [-0.15, -0.1) is 0 Å². The van der Waals surface area contributed by atoms with E-state index in [1.807, 2.05) is 0 Å². The molecule has 1 aromatic rings. The van der Waals surface area contributed by atoms with Crippen LogP contribution in [0.5, 0.6) is 0 Å². The average molecular weight is 250 g/mol. The molecular formula is C14H19FN2O. The Hall–Kier alpha value is -1.42. The summed E-state index contributed by atoms with van der Waals surface area (Å²) in [4.78, 5) is 11.8. The van der Waals surface area contributed by atoms with Gasteiger partial charge in [-0.1, -0.05) is 12.1 Å². The lowest BCUT2D eigenvalue weighted by molar-refractivity contribution is -0.120. The van der Waals surface area contributed by atoms with Gasteiger partial charge in [0.15, 0.2) is 0 Å². The number of amides is 1. The lowest BCUT2D eigenvalue weighted by Gasteiger charge is -2.24. The largest absolute Gasteiger partial charge is 0.354 e. The number of nitrogens with one attached hydrogen (secondary N) is 2. The number of hydrogen-bond donors (Lipinski definition) is 2. The fourth-order valence-electron chi connectivity index (χ4n) is 2.25. The molecule has 0 bridgehead atoms. The predicted molar refractivity (Wildman–Crippen MR) is 68.8 cm³/mol. The van der Waals surface area contributed by atoms with Crippen LogP contribution in [0.2, 0.25) is 0 Å². The van der Waals surface area contributed by atoms with Crippen molar-refractivity contribution >= 4 is 5.91 Å². The molecule has 2 N–H and O–H groups in total. The molecule has 4 heteroatoms. The van der Waals surface area contributed by atoms with Gasteiger partial charge in [0.25, 0.3) is 0 Å². The fraction of sp³-hybridized carbons (Fsp3) is 0.500. The Balaban J connectivity index is 1.80. The third kappa shape index (κ3) is 3.53. The molecule has 0 saturated carbocycles. The maximum absolute atomic E-state index is 12.7. The summed E-state index contributed by atoms with van der Waals surface area (Å²) in [5.41, 5.74) is 0.858. The summed E-state index contributed by atoms with van der Waals surface area (Å²) in [7, 11) is 0. The van der Waals surface area contributed by atoms with Crippen molar-refractivity contribution in [3.05, 3.63) is 35.6 Å². The number of carbonyl (C=O) groups excluding carboxylic acids is 1. The van der Waals surface area contributed by atoms with Crippen molar-refractivity contribution in [3.8, 4) is 0 Å². The van der Waals surface area contributed by atoms with E-state index in [9.17, 15) is 9.18 Å². The smallest absolute Gasteiger partial charge is 0.224 e. The van der Waals surface area contributed by atoms with E-state index in [2.05, 4.69) is 17.6 Å². The fourth-order valence-corrected chi connectivity index (χ4v) is 2.25. The van der Waals surface area contributed by atoms with Gasteiger partial charge in [-0.25, -0.2) is 4.39 Å². The van der Waals surface area contributed by atoms with Crippen molar-refractivity contribution in [3.63, 3.8) is 0 Å². The minimum Gasteiger partial charge on any atom is -0.354 e. The number of benzene rings is 1. The maximum Gasteiger partial charge on any atom is 0.224 e. The second-order valence-corrected chi connectivity index (χ2v) is 5.17. The summed E-state index contributed by atoms with van der Waals surface area (Å²) < 4.78 is 12.7. The van der Waals surface area contributed by atoms with Crippen LogP contribution in [-0.4, -0.2) is 24.5 Å². The molecule has 0 aromatic heterocycles. The van der Waals surface area contributed by atoms with Crippen LogP contribution in [0.1, 0.15) is 25.3 Å². The first kappa shape index (κ1) is 13.0. The van der Waals surface area contributed by atoms with E-state index >= 15 is 0 Å². The first-order valence-electron chi connectivity index (χ1n) is 6.34. The zero-order valence-electron chi connectivity index (χ0n) is 10.6. The van der Waals surface area contributed by atoms with E-state index in [1.54, 1.807) is 12.1 Å². The highest BCUT2D eigenvalue weighted by atomic mass is 19.1. The average Bonchev–Trinajstić information content (AvgIpc) is 2.78. The minimum absolute atomic E-state index is 0.0171. The van der Waals surface area contributed by atoms with Crippen LogP contribution in [0, 0.1) is 5.82 Å². The second kappa shape index (κ2) is 5.48. The van der Waals surface area contributed by atoms with E-state index in [4.69, 9.17) is 0 Å². The Labute approximate surface area is 107 Å². The Kier molecular flexibility index (Phi) is 3.97. The maximum atomic E-state index is 12.7. The molecule has 1 atom stereocenters. The Morgan fingerprint density at radius 2 is 2.17 bits per heavy atom. The molecular weight excluding hydrogens is 231 g/mol. The summed E-state index contributed by atoms with van der Waals surface area (Å²) in [6.07, 6.45) is 2.55. The monoisotopic (exact) mass is 250 g/mol. The highest BCUT2D eigenvalue weighted by Crippen LogP contribution is 2.17. The molecule has 1 unspecified atom stereocenters. The van der Waals surface area contributed by atoms with Crippen molar-refractivity contribution in [2.24, 2.45) is 0 Å². The van der Waals surface area contributed by atoms with Gasteiger partial charge in [-0.3, -0.25) is 4.79 Å². The van der Waals surface area contributed by atoms with Gasteiger partial charge >= 0.3 is 0 Å².